The number of fused-ring (bicyclic) bond motifs is 1. The summed E-state index contributed by atoms with van der Waals surface area (Å²) in [5, 5.41) is 24.9. The summed E-state index contributed by atoms with van der Waals surface area (Å²) in [6.45, 7) is 25.5. The lowest BCUT2D eigenvalue weighted by molar-refractivity contribution is 0.289. The monoisotopic (exact) mass is 732 g/mol. The average molecular weight is 732 g/mol. The first-order valence-electron chi connectivity index (χ1n) is 18.5. The fraction of sp³-hybridized carbons (Fsp3) is 0.386. The number of anilines is 1. The van der Waals surface area contributed by atoms with Crippen LogP contribution in [-0.4, -0.2) is 27.9 Å². The van der Waals surface area contributed by atoms with E-state index >= 15 is 0 Å². The Labute approximate surface area is 325 Å². The molecule has 6 N–H and O–H groups in total. The summed E-state index contributed by atoms with van der Waals surface area (Å²) in [4.78, 5) is 2.22. The zero-order valence-electron chi connectivity index (χ0n) is 35.6. The van der Waals surface area contributed by atoms with Gasteiger partial charge in [0.2, 0.25) is 0 Å². The zero-order chi connectivity index (χ0) is 42.7. The number of nitrogens with two attached hydrogens (primary N) is 3. The molecule has 0 amide bonds. The topological polar surface area (TPSA) is 171 Å². The van der Waals surface area contributed by atoms with Crippen LogP contribution in [0, 0.1) is 34.2 Å². The van der Waals surface area contributed by atoms with Crippen molar-refractivity contribution in [1.29, 1.82) is 15.8 Å². The van der Waals surface area contributed by atoms with Gasteiger partial charge in [-0.2, -0.15) is 10.5 Å². The number of nitriles is 3. The van der Waals surface area contributed by atoms with E-state index in [1.807, 2.05) is 132 Å². The SMILES string of the molecule is CC.CC.CC.CC.CC.CC.CN.CN.CN.N#COc1ccccc1.N#Cc1ccccc1C#N.c1ccc(N2COc3ccccc3C2)cc1. The van der Waals surface area contributed by atoms with Crippen molar-refractivity contribution in [3.8, 4) is 29.9 Å². The van der Waals surface area contributed by atoms with Crippen molar-refractivity contribution in [2.24, 2.45) is 17.2 Å². The van der Waals surface area contributed by atoms with Crippen LogP contribution in [-0.2, 0) is 6.54 Å². The van der Waals surface area contributed by atoms with Crippen LogP contribution in [0.1, 0.15) is 99.8 Å². The normalized spacial score (nSPS) is 8.09. The van der Waals surface area contributed by atoms with E-state index < -0.39 is 0 Å². The molecule has 1 aliphatic rings. The number of hydrogen-bond acceptors (Lipinski definition) is 9. The van der Waals surface area contributed by atoms with Gasteiger partial charge in [-0.3, -0.25) is 0 Å². The molecule has 0 spiro atoms. The van der Waals surface area contributed by atoms with Crippen molar-refractivity contribution in [2.45, 2.75) is 89.6 Å². The van der Waals surface area contributed by atoms with E-state index in [2.05, 4.69) is 63.2 Å². The lowest BCUT2D eigenvalue weighted by Gasteiger charge is -2.30. The molecule has 0 atom stereocenters. The summed E-state index contributed by atoms with van der Waals surface area (Å²) in [6, 6.07) is 38.1. The molecule has 1 aliphatic heterocycles. The lowest BCUT2D eigenvalue weighted by Crippen LogP contribution is -2.31. The number of nitrogens with zero attached hydrogens (tertiary/aromatic N) is 4. The van der Waals surface area contributed by atoms with Gasteiger partial charge in [-0.15, -0.1) is 5.26 Å². The van der Waals surface area contributed by atoms with Gasteiger partial charge in [0.25, 0.3) is 6.26 Å². The Kier molecular flexibility index (Phi) is 69.6. The molecule has 4 aromatic rings. The highest BCUT2D eigenvalue weighted by Gasteiger charge is 2.16. The Bertz CT molecular complexity index is 1320. The molecule has 53 heavy (non-hydrogen) atoms. The predicted octanol–water partition coefficient (Wildman–Crippen LogP) is 10.9. The second kappa shape index (κ2) is 58.8. The van der Waals surface area contributed by atoms with Crippen LogP contribution in [0.25, 0.3) is 0 Å². The van der Waals surface area contributed by atoms with Gasteiger partial charge in [0.1, 0.15) is 23.6 Å². The number of hydrogen-bond donors (Lipinski definition) is 3. The summed E-state index contributed by atoms with van der Waals surface area (Å²) in [7, 11) is 4.50. The third-order valence-corrected chi connectivity index (χ3v) is 4.91. The number of rotatable bonds is 2. The average Bonchev–Trinajstić information content (AvgIpc) is 3.31. The van der Waals surface area contributed by atoms with E-state index in [1.54, 1.807) is 42.7 Å². The maximum Gasteiger partial charge on any atom is 0.292 e. The van der Waals surface area contributed by atoms with Crippen molar-refractivity contribution in [1.82, 2.24) is 0 Å². The van der Waals surface area contributed by atoms with Crippen LogP contribution in [0.5, 0.6) is 11.5 Å². The maximum atomic E-state index is 8.45. The molecule has 0 fully saturated rings. The van der Waals surface area contributed by atoms with Gasteiger partial charge in [0.05, 0.1) is 11.1 Å². The minimum absolute atomic E-state index is 0.435. The molecule has 0 aliphatic carbocycles. The molecule has 9 heteroatoms. The highest BCUT2D eigenvalue weighted by atomic mass is 16.5. The highest BCUT2D eigenvalue weighted by molar-refractivity contribution is 5.49. The maximum absolute atomic E-state index is 8.45. The van der Waals surface area contributed by atoms with E-state index in [1.165, 1.54) is 32.4 Å². The van der Waals surface area contributed by atoms with Crippen molar-refractivity contribution in [3.63, 3.8) is 0 Å². The van der Waals surface area contributed by atoms with Crippen molar-refractivity contribution < 1.29 is 9.47 Å². The van der Waals surface area contributed by atoms with Gasteiger partial charge in [-0.25, -0.2) is 0 Å². The summed E-state index contributed by atoms with van der Waals surface area (Å²) in [6.07, 6.45) is 1.58. The van der Waals surface area contributed by atoms with E-state index in [0.717, 1.165) is 12.3 Å². The van der Waals surface area contributed by atoms with E-state index in [9.17, 15) is 0 Å². The Morgan fingerprint density at radius 2 is 0.868 bits per heavy atom. The summed E-state index contributed by atoms with van der Waals surface area (Å²) in [5.41, 5.74) is 16.8. The van der Waals surface area contributed by atoms with E-state index in [0.29, 0.717) is 23.6 Å². The molecule has 4 aromatic carbocycles. The molecule has 9 nitrogen and oxygen atoms in total. The molecule has 0 unspecified atom stereocenters. The first-order valence-corrected chi connectivity index (χ1v) is 18.5. The molecule has 0 saturated carbocycles. The van der Waals surface area contributed by atoms with Gasteiger partial charge in [0, 0.05) is 17.8 Å². The fourth-order valence-electron chi connectivity index (χ4n) is 3.20. The van der Waals surface area contributed by atoms with Gasteiger partial charge in [-0.1, -0.05) is 150 Å². The predicted molar refractivity (Wildman–Crippen MR) is 232 cm³/mol. The largest absolute Gasteiger partial charge is 0.473 e. The minimum Gasteiger partial charge on any atom is -0.473 e. The lowest BCUT2D eigenvalue weighted by atomic mass is 10.1. The smallest absolute Gasteiger partial charge is 0.292 e. The van der Waals surface area contributed by atoms with Gasteiger partial charge in [-0.05, 0) is 63.6 Å². The van der Waals surface area contributed by atoms with Crippen LogP contribution in [0.4, 0.5) is 5.69 Å². The number of ether oxygens (including phenoxy) is 2. The molecular weight excluding hydrogens is 659 g/mol. The first kappa shape index (κ1) is 62.7. The Morgan fingerprint density at radius 3 is 1.26 bits per heavy atom. The zero-order valence-corrected chi connectivity index (χ0v) is 35.6. The molecule has 0 radical (unpaired) electrons. The minimum atomic E-state index is 0.435. The van der Waals surface area contributed by atoms with Crippen molar-refractivity contribution >= 4 is 5.69 Å². The van der Waals surface area contributed by atoms with Crippen LogP contribution in [0.2, 0.25) is 0 Å². The summed E-state index contributed by atoms with van der Waals surface area (Å²) < 4.78 is 10.2. The molecular formula is C44H73N7O2. The quantitative estimate of drug-likeness (QED) is 0.170. The standard InChI is InChI=1S/C14H13NO.C8H4N2.C7H5NO.6C2H6.3CH5N/c1-2-7-13(8-3-1)15-10-12-6-4-5-9-14(12)16-11-15;9-5-7-3-1-2-4-8(7)6-10;8-6-9-7-4-2-1-3-5-7;9*1-2/h1-9H,10-11H2;1-4H;1-5H;6*1-2H3;3*2H2,1H3. The molecule has 0 saturated heterocycles. The number of para-hydroxylation sites is 3. The third kappa shape index (κ3) is 33.5. The van der Waals surface area contributed by atoms with Gasteiger partial charge >= 0.3 is 0 Å². The van der Waals surface area contributed by atoms with Crippen LogP contribution >= 0.6 is 0 Å². The Morgan fingerprint density at radius 1 is 0.509 bits per heavy atom. The van der Waals surface area contributed by atoms with Crippen molar-refractivity contribution in [3.05, 3.63) is 126 Å². The molecule has 5 rings (SSSR count). The Hall–Kier alpha value is -5.37. The van der Waals surface area contributed by atoms with E-state index in [-0.39, 0.29) is 0 Å². The fourth-order valence-corrected chi connectivity index (χ4v) is 3.20. The molecule has 296 valence electrons. The third-order valence-electron chi connectivity index (χ3n) is 4.91. The van der Waals surface area contributed by atoms with Crippen LogP contribution in [0.3, 0.4) is 0 Å². The molecule has 0 aromatic heterocycles. The van der Waals surface area contributed by atoms with E-state index in [4.69, 9.17) is 20.5 Å². The van der Waals surface area contributed by atoms with Crippen LogP contribution in [0.15, 0.2) is 109 Å². The van der Waals surface area contributed by atoms with Crippen LogP contribution < -0.4 is 31.6 Å². The second-order valence-electron chi connectivity index (χ2n) is 7.19. The summed E-state index contributed by atoms with van der Waals surface area (Å²) in [5.74, 6) is 1.59. The Balaban J connectivity index is -0.000000101. The second-order valence-corrected chi connectivity index (χ2v) is 7.19. The van der Waals surface area contributed by atoms with Crippen molar-refractivity contribution in [2.75, 3.05) is 32.8 Å². The summed E-state index contributed by atoms with van der Waals surface area (Å²) >= 11 is 0. The van der Waals surface area contributed by atoms with Gasteiger partial charge in [0.15, 0.2) is 6.73 Å². The highest BCUT2D eigenvalue weighted by Crippen LogP contribution is 2.27. The first-order chi connectivity index (χ1) is 26.2. The molecule has 1 heterocycles. The van der Waals surface area contributed by atoms with Gasteiger partial charge < -0.3 is 31.6 Å². The number of benzene rings is 4. The molecule has 0 bridgehead atoms.